The van der Waals surface area contributed by atoms with Gasteiger partial charge in [0.05, 0.1) is 5.97 Å². The minimum Gasteiger partial charge on any atom is -0.545 e. The van der Waals surface area contributed by atoms with Gasteiger partial charge in [-0.25, -0.2) is 0 Å². The number of carboxylic acid groups (broad SMARTS) is 1. The predicted octanol–water partition coefficient (Wildman–Crippen LogP) is -1.13. The van der Waals surface area contributed by atoms with Crippen molar-refractivity contribution in [2.45, 2.75) is 13.3 Å². The second kappa shape index (κ2) is 8.46. The molecule has 0 saturated heterocycles. The summed E-state index contributed by atoms with van der Waals surface area (Å²) in [6.07, 6.45) is 0.849. The second-order valence-electron chi connectivity index (χ2n) is 4.38. The van der Waals surface area contributed by atoms with Gasteiger partial charge in [0.1, 0.15) is 0 Å². The fourth-order valence-corrected chi connectivity index (χ4v) is 1.86. The van der Waals surface area contributed by atoms with Gasteiger partial charge >= 0.3 is 51.4 Å². The van der Waals surface area contributed by atoms with Gasteiger partial charge in [0.25, 0.3) is 5.91 Å². The van der Waals surface area contributed by atoms with Gasteiger partial charge in [-0.1, -0.05) is 31.2 Å². The van der Waals surface area contributed by atoms with Gasteiger partial charge in [0.15, 0.2) is 0 Å². The average molecular weight is 307 g/mol. The number of carbonyl (C=O) groups excluding carboxylic acids is 2. The van der Waals surface area contributed by atoms with Crippen LogP contribution in [0.3, 0.4) is 0 Å². The molecule has 0 radical (unpaired) electrons. The Balaban J connectivity index is 0.00000220. The average Bonchev–Trinajstić information content (AvgIpc) is 2.47. The van der Waals surface area contributed by atoms with Crippen molar-refractivity contribution in [3.63, 3.8) is 0 Å². The van der Waals surface area contributed by atoms with Gasteiger partial charge < -0.3 is 15.2 Å². The smallest absolute Gasteiger partial charge is 0.545 e. The first-order chi connectivity index (χ1) is 9.60. The number of hydrogen-bond acceptors (Lipinski definition) is 3. The third-order valence-corrected chi connectivity index (χ3v) is 2.95. The molecule has 2 aromatic carbocycles. The molecule has 0 spiro atoms. The maximum atomic E-state index is 12.1. The Bertz CT molecular complexity index is 655. The van der Waals surface area contributed by atoms with E-state index >= 15 is 0 Å². The number of aromatic carboxylic acids is 1. The van der Waals surface area contributed by atoms with Crippen LogP contribution in [-0.2, 0) is 6.42 Å². The molecule has 0 aliphatic heterocycles. The SMILES string of the molecule is CCc1cccc(C(=O)Nc2cccc(C(=O)[O-])c2)c1.[K+]. The summed E-state index contributed by atoms with van der Waals surface area (Å²) in [5.41, 5.74) is 2.08. The van der Waals surface area contributed by atoms with E-state index in [-0.39, 0.29) is 62.9 Å². The molecule has 102 valence electrons. The van der Waals surface area contributed by atoms with Gasteiger partial charge in [-0.3, -0.25) is 4.79 Å². The minimum absolute atomic E-state index is 0. The van der Waals surface area contributed by atoms with Crippen molar-refractivity contribution in [3.05, 3.63) is 65.2 Å². The Labute approximate surface area is 166 Å². The van der Waals surface area contributed by atoms with Crippen LogP contribution in [0.4, 0.5) is 5.69 Å². The van der Waals surface area contributed by atoms with E-state index < -0.39 is 5.97 Å². The molecular formula is C16H14KNO3. The van der Waals surface area contributed by atoms with Crippen LogP contribution in [0, 0.1) is 0 Å². The van der Waals surface area contributed by atoms with Crippen LogP contribution in [0.2, 0.25) is 0 Å². The van der Waals surface area contributed by atoms with Crippen LogP contribution >= 0.6 is 0 Å². The van der Waals surface area contributed by atoms with E-state index in [1.807, 2.05) is 25.1 Å². The van der Waals surface area contributed by atoms with E-state index in [1.54, 1.807) is 18.2 Å². The number of nitrogens with one attached hydrogen (secondary N) is 1. The Morgan fingerprint density at radius 2 is 1.71 bits per heavy atom. The van der Waals surface area contributed by atoms with Crippen molar-refractivity contribution in [1.82, 2.24) is 0 Å². The van der Waals surface area contributed by atoms with Crippen molar-refractivity contribution in [1.29, 1.82) is 0 Å². The predicted molar refractivity (Wildman–Crippen MR) is 74.5 cm³/mol. The zero-order valence-electron chi connectivity index (χ0n) is 12.1. The summed E-state index contributed by atoms with van der Waals surface area (Å²) in [5, 5.41) is 13.4. The summed E-state index contributed by atoms with van der Waals surface area (Å²) in [7, 11) is 0. The van der Waals surface area contributed by atoms with E-state index in [0.717, 1.165) is 12.0 Å². The molecule has 21 heavy (non-hydrogen) atoms. The van der Waals surface area contributed by atoms with Crippen LogP contribution in [0.5, 0.6) is 0 Å². The molecule has 5 heteroatoms. The first-order valence-corrected chi connectivity index (χ1v) is 6.32. The summed E-state index contributed by atoms with van der Waals surface area (Å²) in [5.74, 6) is -1.54. The van der Waals surface area contributed by atoms with Crippen LogP contribution in [0.1, 0.15) is 33.2 Å². The molecule has 0 fully saturated rings. The topological polar surface area (TPSA) is 69.2 Å². The Morgan fingerprint density at radius 3 is 2.38 bits per heavy atom. The standard InChI is InChI=1S/C16H15NO3.K/c1-2-11-5-3-6-12(9-11)15(18)17-14-8-4-7-13(10-14)16(19)20;/h3-10H,2H2,1H3,(H,17,18)(H,19,20);/q;+1/p-1. The van der Waals surface area contributed by atoms with Gasteiger partial charge in [0, 0.05) is 11.3 Å². The van der Waals surface area contributed by atoms with Crippen LogP contribution in [-0.4, -0.2) is 11.9 Å². The molecule has 0 bridgehead atoms. The summed E-state index contributed by atoms with van der Waals surface area (Å²) < 4.78 is 0. The molecule has 0 heterocycles. The summed E-state index contributed by atoms with van der Waals surface area (Å²) in [6, 6.07) is 13.3. The molecule has 2 rings (SSSR count). The summed E-state index contributed by atoms with van der Waals surface area (Å²) in [4.78, 5) is 22.9. The van der Waals surface area contributed by atoms with Crippen molar-refractivity contribution in [2.75, 3.05) is 5.32 Å². The van der Waals surface area contributed by atoms with Gasteiger partial charge in [-0.15, -0.1) is 0 Å². The number of anilines is 1. The second-order valence-corrected chi connectivity index (χ2v) is 4.38. The maximum Gasteiger partial charge on any atom is 1.00 e. The van der Waals surface area contributed by atoms with E-state index in [9.17, 15) is 14.7 Å². The molecular weight excluding hydrogens is 293 g/mol. The first kappa shape index (κ1) is 18.1. The number of carbonyl (C=O) groups is 2. The normalized spacial score (nSPS) is 9.57. The van der Waals surface area contributed by atoms with Crippen molar-refractivity contribution in [2.24, 2.45) is 0 Å². The molecule has 1 amide bonds. The third-order valence-electron chi connectivity index (χ3n) is 2.95. The zero-order chi connectivity index (χ0) is 14.5. The van der Waals surface area contributed by atoms with Crippen molar-refractivity contribution >= 4 is 17.6 Å². The molecule has 2 aromatic rings. The molecule has 1 N–H and O–H groups in total. The Kier molecular flexibility index (Phi) is 7.28. The molecule has 0 aliphatic rings. The van der Waals surface area contributed by atoms with Gasteiger partial charge in [-0.2, -0.15) is 0 Å². The largest absolute Gasteiger partial charge is 1.00 e. The molecule has 0 aliphatic carbocycles. The van der Waals surface area contributed by atoms with Crippen molar-refractivity contribution in [3.8, 4) is 0 Å². The van der Waals surface area contributed by atoms with Crippen LogP contribution < -0.4 is 61.8 Å². The van der Waals surface area contributed by atoms with Crippen LogP contribution in [0.25, 0.3) is 0 Å². The number of rotatable bonds is 4. The molecule has 0 saturated carbocycles. The summed E-state index contributed by atoms with van der Waals surface area (Å²) in [6.45, 7) is 2.01. The molecule has 0 atom stereocenters. The van der Waals surface area contributed by atoms with E-state index in [2.05, 4.69) is 5.32 Å². The fraction of sp³-hybridized carbons (Fsp3) is 0.125. The number of hydrogen-bond donors (Lipinski definition) is 1. The van der Waals surface area contributed by atoms with Gasteiger partial charge in [-0.05, 0) is 41.8 Å². The van der Waals surface area contributed by atoms with Gasteiger partial charge in [0.2, 0.25) is 0 Å². The van der Waals surface area contributed by atoms with Crippen LogP contribution in [0.15, 0.2) is 48.5 Å². The van der Waals surface area contributed by atoms with E-state index in [0.29, 0.717) is 11.3 Å². The van der Waals surface area contributed by atoms with E-state index in [4.69, 9.17) is 0 Å². The van der Waals surface area contributed by atoms with E-state index in [1.165, 1.54) is 12.1 Å². The Hall–Kier alpha value is -0.984. The molecule has 4 nitrogen and oxygen atoms in total. The Morgan fingerprint density at radius 1 is 1.05 bits per heavy atom. The third kappa shape index (κ3) is 5.05. The number of carboxylic acids is 1. The fourth-order valence-electron chi connectivity index (χ4n) is 1.86. The molecule has 0 aromatic heterocycles. The zero-order valence-corrected chi connectivity index (χ0v) is 15.2. The number of amides is 1. The monoisotopic (exact) mass is 307 g/mol. The quantitative estimate of drug-likeness (QED) is 0.727. The first-order valence-electron chi connectivity index (χ1n) is 6.32. The minimum atomic E-state index is -1.27. The number of benzene rings is 2. The number of aryl methyl sites for hydroxylation is 1. The van der Waals surface area contributed by atoms with Crippen molar-refractivity contribution < 1.29 is 66.1 Å². The molecule has 0 unspecified atom stereocenters. The summed E-state index contributed by atoms with van der Waals surface area (Å²) >= 11 is 0. The maximum absolute atomic E-state index is 12.1.